The third-order valence-electron chi connectivity index (χ3n) is 7.42. The molecular formula is C28H33N5O13S. The van der Waals surface area contributed by atoms with Gasteiger partial charge in [0.2, 0.25) is 5.91 Å². The molecule has 2 fully saturated rings. The summed E-state index contributed by atoms with van der Waals surface area (Å²) in [6.45, 7) is 1.32. The second-order valence-corrected chi connectivity index (χ2v) is 12.4. The van der Waals surface area contributed by atoms with E-state index < -0.39 is 50.3 Å². The van der Waals surface area contributed by atoms with E-state index in [-0.39, 0.29) is 44.2 Å². The molecule has 0 spiro atoms. The quantitative estimate of drug-likeness (QED) is 0.136. The molecule has 2 aliphatic heterocycles. The first kappa shape index (κ1) is 35.0. The summed E-state index contributed by atoms with van der Waals surface area (Å²) in [4.78, 5) is 63.7. The van der Waals surface area contributed by atoms with Gasteiger partial charge in [0, 0.05) is 63.4 Å². The molecule has 0 N–H and O–H groups in total. The summed E-state index contributed by atoms with van der Waals surface area (Å²) < 4.78 is 44.1. The minimum Gasteiger partial charge on any atom is -0.445 e. The minimum atomic E-state index is -3.87. The Kier molecular flexibility index (Phi) is 11.6. The van der Waals surface area contributed by atoms with Crippen LogP contribution in [0.25, 0.3) is 0 Å². The molecule has 2 aliphatic rings. The lowest BCUT2D eigenvalue weighted by Crippen LogP contribution is -2.54. The van der Waals surface area contributed by atoms with Crippen LogP contribution in [-0.2, 0) is 46.5 Å². The number of nitro benzene ring substituents is 2. The Labute approximate surface area is 269 Å². The monoisotopic (exact) mass is 679 g/mol. The molecule has 2 atom stereocenters. The summed E-state index contributed by atoms with van der Waals surface area (Å²) >= 11 is 0. The Morgan fingerprint density at radius 1 is 0.830 bits per heavy atom. The second kappa shape index (κ2) is 15.6. The van der Waals surface area contributed by atoms with E-state index in [1.165, 1.54) is 48.5 Å². The van der Waals surface area contributed by atoms with Gasteiger partial charge in [-0.1, -0.05) is 0 Å². The van der Waals surface area contributed by atoms with Crippen molar-refractivity contribution in [2.24, 2.45) is 0 Å². The number of likely N-dealkylation sites (tertiary alicyclic amines) is 1. The van der Waals surface area contributed by atoms with Gasteiger partial charge in [0.15, 0.2) is 0 Å². The molecule has 4 rings (SSSR count). The van der Waals surface area contributed by atoms with Gasteiger partial charge in [0.1, 0.15) is 25.9 Å². The SMILES string of the molecule is CS(=O)(=O)O[C@@H]1C[C@@H](C(=O)N2CCN(CCOC(=O)OCc3ccc([N+](=O)[O-])cc3)CC2)N(C(=O)OCc2ccc([N+](=O)[O-])cc2)C1. The van der Waals surface area contributed by atoms with Gasteiger partial charge in [0.05, 0.1) is 28.8 Å². The average molecular weight is 680 g/mol. The molecule has 2 amide bonds. The summed E-state index contributed by atoms with van der Waals surface area (Å²) in [5.74, 6) is -0.400. The third-order valence-corrected chi connectivity index (χ3v) is 8.04. The van der Waals surface area contributed by atoms with Crippen LogP contribution in [0.1, 0.15) is 17.5 Å². The first-order valence-corrected chi connectivity index (χ1v) is 16.2. The molecule has 2 aromatic rings. The van der Waals surface area contributed by atoms with E-state index in [0.717, 1.165) is 11.2 Å². The third kappa shape index (κ3) is 10.3. The van der Waals surface area contributed by atoms with Crippen molar-refractivity contribution >= 4 is 39.6 Å². The van der Waals surface area contributed by atoms with E-state index >= 15 is 0 Å². The number of nitro groups is 2. The molecule has 0 unspecified atom stereocenters. The maximum absolute atomic E-state index is 13.5. The summed E-state index contributed by atoms with van der Waals surface area (Å²) in [6.07, 6.45) is -1.90. The van der Waals surface area contributed by atoms with Crippen LogP contribution in [0.15, 0.2) is 48.5 Å². The largest absolute Gasteiger partial charge is 0.508 e. The zero-order valence-corrected chi connectivity index (χ0v) is 26.1. The minimum absolute atomic E-state index is 0.0224. The van der Waals surface area contributed by atoms with Crippen LogP contribution in [-0.4, -0.2) is 115 Å². The molecule has 0 bridgehead atoms. The van der Waals surface area contributed by atoms with Crippen molar-refractivity contribution in [1.29, 1.82) is 0 Å². The molecule has 19 heteroatoms. The van der Waals surface area contributed by atoms with Crippen LogP contribution in [0.5, 0.6) is 0 Å². The van der Waals surface area contributed by atoms with E-state index in [0.29, 0.717) is 43.9 Å². The van der Waals surface area contributed by atoms with Crippen molar-refractivity contribution in [2.75, 3.05) is 52.1 Å². The highest BCUT2D eigenvalue weighted by molar-refractivity contribution is 7.86. The molecule has 0 aliphatic carbocycles. The molecular weight excluding hydrogens is 646 g/mol. The molecule has 2 aromatic carbocycles. The summed E-state index contributed by atoms with van der Waals surface area (Å²) in [6, 6.07) is 9.92. The number of nitrogens with zero attached hydrogens (tertiary/aromatic N) is 5. The number of rotatable bonds is 12. The molecule has 47 heavy (non-hydrogen) atoms. The zero-order valence-electron chi connectivity index (χ0n) is 25.3. The van der Waals surface area contributed by atoms with Gasteiger partial charge in [-0.2, -0.15) is 8.42 Å². The fourth-order valence-corrected chi connectivity index (χ4v) is 5.68. The zero-order chi connectivity index (χ0) is 34.1. The van der Waals surface area contributed by atoms with Crippen LogP contribution >= 0.6 is 0 Å². The van der Waals surface area contributed by atoms with Crippen LogP contribution in [0.3, 0.4) is 0 Å². The molecule has 18 nitrogen and oxygen atoms in total. The molecule has 0 radical (unpaired) electrons. The van der Waals surface area contributed by atoms with Crippen molar-refractivity contribution in [2.45, 2.75) is 31.8 Å². The molecule has 0 saturated carbocycles. The van der Waals surface area contributed by atoms with Crippen LogP contribution in [0.4, 0.5) is 21.0 Å². The normalized spacial score (nSPS) is 18.4. The number of amides is 2. The van der Waals surface area contributed by atoms with Crippen LogP contribution in [0.2, 0.25) is 0 Å². The van der Waals surface area contributed by atoms with Crippen LogP contribution < -0.4 is 0 Å². The standard InChI is InChI=1S/C28H33N5O13S/c1-47(41,42)46-24-16-25(31(17-24)27(35)44-18-20-2-6-22(7-3-20)32(37)38)26(34)30-12-10-29(11-13-30)14-15-43-28(36)45-19-21-4-8-23(9-5-21)33(39)40/h2-9,24-25H,10-19H2,1H3/t24-,25+/m1/s1. The number of non-ortho nitro benzene ring substituents is 2. The highest BCUT2D eigenvalue weighted by Crippen LogP contribution is 2.25. The summed E-state index contributed by atoms with van der Waals surface area (Å²) in [5, 5.41) is 21.6. The first-order chi connectivity index (χ1) is 22.3. The number of carbonyl (C=O) groups excluding carboxylic acids is 3. The number of hydrogen-bond donors (Lipinski definition) is 0. The van der Waals surface area contributed by atoms with Crippen molar-refractivity contribution in [3.05, 3.63) is 79.9 Å². The number of benzene rings is 2. The van der Waals surface area contributed by atoms with Gasteiger partial charge >= 0.3 is 12.2 Å². The predicted molar refractivity (Wildman–Crippen MR) is 160 cm³/mol. The predicted octanol–water partition coefficient (Wildman–Crippen LogP) is 2.06. The average Bonchev–Trinajstić information content (AvgIpc) is 3.45. The highest BCUT2D eigenvalue weighted by Gasteiger charge is 2.44. The van der Waals surface area contributed by atoms with Crippen molar-refractivity contribution in [3.8, 4) is 0 Å². The van der Waals surface area contributed by atoms with Crippen molar-refractivity contribution in [3.63, 3.8) is 0 Å². The lowest BCUT2D eigenvalue weighted by atomic mass is 10.1. The Bertz CT molecular complexity index is 1560. The number of piperazine rings is 1. The Morgan fingerprint density at radius 3 is 1.87 bits per heavy atom. The summed E-state index contributed by atoms with van der Waals surface area (Å²) in [7, 11) is -3.87. The van der Waals surface area contributed by atoms with E-state index in [4.69, 9.17) is 18.4 Å². The maximum Gasteiger partial charge on any atom is 0.508 e. The molecule has 0 aromatic heterocycles. The maximum atomic E-state index is 13.5. The molecule has 254 valence electrons. The highest BCUT2D eigenvalue weighted by atomic mass is 32.2. The van der Waals surface area contributed by atoms with Gasteiger partial charge in [-0.25, -0.2) is 9.59 Å². The molecule has 2 saturated heterocycles. The Morgan fingerprint density at radius 2 is 1.36 bits per heavy atom. The van der Waals surface area contributed by atoms with Gasteiger partial charge in [-0.05, 0) is 35.4 Å². The van der Waals surface area contributed by atoms with E-state index in [9.17, 15) is 43.0 Å². The number of carbonyl (C=O) groups is 3. The number of ether oxygens (including phenoxy) is 3. The van der Waals surface area contributed by atoms with Gasteiger partial charge in [-0.15, -0.1) is 0 Å². The lowest BCUT2D eigenvalue weighted by molar-refractivity contribution is -0.385. The Balaban J connectivity index is 1.24. The number of hydrogen-bond acceptors (Lipinski definition) is 14. The smallest absolute Gasteiger partial charge is 0.445 e. The molecule has 2 heterocycles. The van der Waals surface area contributed by atoms with Crippen molar-refractivity contribution in [1.82, 2.24) is 14.7 Å². The van der Waals surface area contributed by atoms with E-state index in [2.05, 4.69) is 0 Å². The van der Waals surface area contributed by atoms with Crippen molar-refractivity contribution < 1.29 is 51.0 Å². The fourth-order valence-electron chi connectivity index (χ4n) is 5.05. The van der Waals surface area contributed by atoms with Gasteiger partial charge in [0.25, 0.3) is 21.5 Å². The van der Waals surface area contributed by atoms with Gasteiger partial charge in [-0.3, -0.25) is 39.0 Å². The van der Waals surface area contributed by atoms with Crippen LogP contribution in [0, 0.1) is 20.2 Å². The summed E-state index contributed by atoms with van der Waals surface area (Å²) in [5.41, 5.74) is 0.829. The topological polar surface area (TPSA) is 218 Å². The van der Waals surface area contributed by atoms with Gasteiger partial charge < -0.3 is 19.1 Å². The fraction of sp³-hybridized carbons (Fsp3) is 0.464. The lowest BCUT2D eigenvalue weighted by Gasteiger charge is -2.36. The second-order valence-electron chi connectivity index (χ2n) is 10.8. The van der Waals surface area contributed by atoms with E-state index in [1.54, 1.807) is 4.90 Å². The van der Waals surface area contributed by atoms with E-state index in [1.807, 2.05) is 4.90 Å². The Hall–Kier alpha value is -4.88. The first-order valence-electron chi connectivity index (χ1n) is 14.4.